The van der Waals surface area contributed by atoms with Crippen LogP contribution >= 0.6 is 0 Å². The van der Waals surface area contributed by atoms with Crippen LogP contribution in [-0.2, 0) is 23.4 Å². The van der Waals surface area contributed by atoms with Gasteiger partial charge in [0.05, 0.1) is 17.2 Å². The molecule has 0 aliphatic carbocycles. The van der Waals surface area contributed by atoms with E-state index in [-0.39, 0.29) is 5.92 Å². The highest BCUT2D eigenvalue weighted by molar-refractivity contribution is 7.91. The zero-order valence-corrected chi connectivity index (χ0v) is 10.1. The van der Waals surface area contributed by atoms with Crippen molar-refractivity contribution in [2.45, 2.75) is 13.0 Å². The summed E-state index contributed by atoms with van der Waals surface area (Å²) < 4.78 is 24.1. The largest absolute Gasteiger partial charge is 0.311 e. The molecule has 16 heavy (non-hydrogen) atoms. The molecule has 1 aromatic heterocycles. The molecule has 0 bridgehead atoms. The van der Waals surface area contributed by atoms with E-state index in [0.717, 1.165) is 18.7 Å². The summed E-state index contributed by atoms with van der Waals surface area (Å²) in [6.07, 6.45) is 2.62. The molecule has 0 saturated carbocycles. The Bertz CT molecular complexity index is 454. The van der Waals surface area contributed by atoms with Gasteiger partial charge in [-0.2, -0.15) is 0 Å². The summed E-state index contributed by atoms with van der Waals surface area (Å²) in [6.45, 7) is 1.38. The number of rotatable bonds is 4. The van der Waals surface area contributed by atoms with Crippen molar-refractivity contribution >= 4 is 9.84 Å². The Morgan fingerprint density at radius 2 is 2.44 bits per heavy atom. The number of sulfone groups is 1. The van der Waals surface area contributed by atoms with Gasteiger partial charge in [0.1, 0.15) is 0 Å². The summed E-state index contributed by atoms with van der Waals surface area (Å²) in [4.78, 5) is 0. The van der Waals surface area contributed by atoms with E-state index in [0.29, 0.717) is 18.1 Å². The van der Waals surface area contributed by atoms with E-state index < -0.39 is 9.84 Å². The van der Waals surface area contributed by atoms with Crippen molar-refractivity contribution in [3.8, 4) is 0 Å². The molecule has 1 atom stereocenters. The van der Waals surface area contributed by atoms with Crippen LogP contribution in [-0.4, -0.2) is 41.5 Å². The minimum Gasteiger partial charge on any atom is -0.311 e. The van der Waals surface area contributed by atoms with Gasteiger partial charge in [-0.1, -0.05) is 5.21 Å². The maximum absolute atomic E-state index is 11.2. The Morgan fingerprint density at radius 3 is 3.00 bits per heavy atom. The third-order valence-electron chi connectivity index (χ3n) is 2.72. The molecule has 1 N–H and O–H groups in total. The summed E-state index contributed by atoms with van der Waals surface area (Å²) in [6, 6.07) is 0. The summed E-state index contributed by atoms with van der Waals surface area (Å²) >= 11 is 0. The van der Waals surface area contributed by atoms with Crippen LogP contribution in [0.3, 0.4) is 0 Å². The predicted molar refractivity (Wildman–Crippen MR) is 59.5 cm³/mol. The van der Waals surface area contributed by atoms with E-state index >= 15 is 0 Å². The Kier molecular flexibility index (Phi) is 3.25. The number of aromatic nitrogens is 3. The number of nitrogens with zero attached hydrogens (tertiary/aromatic N) is 3. The Morgan fingerprint density at radius 1 is 1.62 bits per heavy atom. The van der Waals surface area contributed by atoms with E-state index in [1.165, 1.54) is 0 Å². The molecular formula is C9H16N4O2S. The molecule has 2 heterocycles. The number of hydrogen-bond donors (Lipinski definition) is 1. The first kappa shape index (κ1) is 11.5. The lowest BCUT2D eigenvalue weighted by molar-refractivity contribution is 0.517. The molecule has 1 saturated heterocycles. The van der Waals surface area contributed by atoms with Crippen LogP contribution < -0.4 is 5.32 Å². The third kappa shape index (κ3) is 3.02. The third-order valence-corrected chi connectivity index (χ3v) is 4.55. The summed E-state index contributed by atoms with van der Waals surface area (Å²) in [5, 5.41) is 11.0. The highest BCUT2D eigenvalue weighted by atomic mass is 32.2. The Labute approximate surface area is 95.0 Å². The van der Waals surface area contributed by atoms with Gasteiger partial charge in [0, 0.05) is 19.8 Å². The van der Waals surface area contributed by atoms with Gasteiger partial charge in [-0.25, -0.2) is 8.42 Å². The second-order valence-corrected chi connectivity index (χ2v) is 6.51. The summed E-state index contributed by atoms with van der Waals surface area (Å²) in [7, 11) is -0.939. The Hall–Kier alpha value is -0.950. The maximum Gasteiger partial charge on any atom is 0.150 e. The van der Waals surface area contributed by atoms with E-state index in [1.807, 2.05) is 13.2 Å². The average molecular weight is 244 g/mol. The van der Waals surface area contributed by atoms with Crippen molar-refractivity contribution in [3.05, 3.63) is 11.9 Å². The lowest BCUT2D eigenvalue weighted by atomic mass is 10.1. The molecular weight excluding hydrogens is 228 g/mol. The van der Waals surface area contributed by atoms with E-state index in [4.69, 9.17) is 0 Å². The normalized spacial score (nSPS) is 23.7. The summed E-state index contributed by atoms with van der Waals surface area (Å²) in [5.74, 6) is 0.909. The topological polar surface area (TPSA) is 76.9 Å². The van der Waals surface area contributed by atoms with Gasteiger partial charge in [-0.3, -0.25) is 4.68 Å². The molecule has 1 aliphatic heterocycles. The second-order valence-electron chi connectivity index (χ2n) is 4.28. The molecule has 6 nitrogen and oxygen atoms in total. The molecule has 1 fully saturated rings. The van der Waals surface area contributed by atoms with E-state index in [9.17, 15) is 8.42 Å². The fourth-order valence-corrected chi connectivity index (χ4v) is 3.78. The quantitative estimate of drug-likeness (QED) is 0.761. The maximum atomic E-state index is 11.2. The van der Waals surface area contributed by atoms with Crippen molar-refractivity contribution in [3.63, 3.8) is 0 Å². The van der Waals surface area contributed by atoms with Crippen molar-refractivity contribution < 1.29 is 8.42 Å². The number of nitrogens with one attached hydrogen (secondary N) is 1. The molecule has 1 aliphatic rings. The molecule has 1 unspecified atom stereocenters. The molecule has 0 radical (unpaired) electrons. The van der Waals surface area contributed by atoms with Crippen molar-refractivity contribution in [2.24, 2.45) is 13.0 Å². The zero-order chi connectivity index (χ0) is 11.6. The highest BCUT2D eigenvalue weighted by Crippen LogP contribution is 2.17. The molecule has 0 spiro atoms. The second kappa shape index (κ2) is 4.50. The fourth-order valence-electron chi connectivity index (χ4n) is 1.91. The van der Waals surface area contributed by atoms with E-state index in [1.54, 1.807) is 4.68 Å². The lowest BCUT2D eigenvalue weighted by Crippen LogP contribution is -2.23. The van der Waals surface area contributed by atoms with Crippen LogP contribution in [0.1, 0.15) is 12.1 Å². The van der Waals surface area contributed by atoms with Crippen LogP contribution in [0.5, 0.6) is 0 Å². The molecule has 2 rings (SSSR count). The average Bonchev–Trinajstić information content (AvgIpc) is 2.73. The van der Waals surface area contributed by atoms with Gasteiger partial charge in [0.2, 0.25) is 0 Å². The van der Waals surface area contributed by atoms with Crippen molar-refractivity contribution in [2.75, 3.05) is 18.1 Å². The van der Waals surface area contributed by atoms with Crippen molar-refractivity contribution in [1.82, 2.24) is 20.3 Å². The highest BCUT2D eigenvalue weighted by Gasteiger charge is 2.27. The standard InChI is InChI=1S/C9H16N4O2S/c1-13-6-9(11-12-13)5-10-4-8-2-3-16(14,15)7-8/h6,8,10H,2-5,7H2,1H3. The smallest absolute Gasteiger partial charge is 0.150 e. The van der Waals surface area contributed by atoms with Crippen LogP contribution in [0.4, 0.5) is 0 Å². The molecule has 1 aromatic rings. The molecule has 90 valence electrons. The van der Waals surface area contributed by atoms with Gasteiger partial charge in [0.15, 0.2) is 9.84 Å². The first-order valence-electron chi connectivity index (χ1n) is 5.31. The SMILES string of the molecule is Cn1cc(CNCC2CCS(=O)(=O)C2)nn1. The monoisotopic (exact) mass is 244 g/mol. The van der Waals surface area contributed by atoms with Gasteiger partial charge >= 0.3 is 0 Å². The van der Waals surface area contributed by atoms with Gasteiger partial charge < -0.3 is 5.32 Å². The molecule has 0 aromatic carbocycles. The minimum atomic E-state index is -2.76. The molecule has 7 heteroatoms. The van der Waals surface area contributed by atoms with Gasteiger partial charge in [-0.05, 0) is 18.9 Å². The number of aryl methyl sites for hydroxylation is 1. The van der Waals surface area contributed by atoms with Crippen LogP contribution in [0.2, 0.25) is 0 Å². The first-order valence-corrected chi connectivity index (χ1v) is 7.14. The van der Waals surface area contributed by atoms with Gasteiger partial charge in [0.25, 0.3) is 0 Å². The summed E-state index contributed by atoms with van der Waals surface area (Å²) in [5.41, 5.74) is 0.878. The van der Waals surface area contributed by atoms with Crippen molar-refractivity contribution in [1.29, 1.82) is 0 Å². The van der Waals surface area contributed by atoms with Crippen LogP contribution in [0, 0.1) is 5.92 Å². The van der Waals surface area contributed by atoms with Gasteiger partial charge in [-0.15, -0.1) is 5.10 Å². The molecule has 0 amide bonds. The van der Waals surface area contributed by atoms with Crippen LogP contribution in [0.25, 0.3) is 0 Å². The minimum absolute atomic E-state index is 0.252. The van der Waals surface area contributed by atoms with E-state index in [2.05, 4.69) is 15.6 Å². The predicted octanol–water partition coefficient (Wildman–Crippen LogP) is -0.661. The zero-order valence-electron chi connectivity index (χ0n) is 9.26. The first-order chi connectivity index (χ1) is 7.55. The lowest BCUT2D eigenvalue weighted by Gasteiger charge is -2.07. The number of hydrogen-bond acceptors (Lipinski definition) is 5. The Balaban J connectivity index is 1.73. The van der Waals surface area contributed by atoms with Crippen LogP contribution in [0.15, 0.2) is 6.20 Å². The fraction of sp³-hybridized carbons (Fsp3) is 0.778.